The summed E-state index contributed by atoms with van der Waals surface area (Å²) < 4.78 is 1.44. The Hall–Kier alpha value is -0.940. The molecule has 0 fully saturated rings. The molecule has 3 nitrogen and oxygen atoms in total. The standard InChI is InChI=1S/C11H8Br2N2O/c1-5(14)9-3-2-6-7(12)4-8(13)11(16)10(6)15-9/h2-4,14,16H,1H3. The van der Waals surface area contributed by atoms with Gasteiger partial charge in [-0.05, 0) is 41.1 Å². The predicted molar refractivity (Wildman–Crippen MR) is 71.3 cm³/mol. The van der Waals surface area contributed by atoms with E-state index in [1.165, 1.54) is 0 Å². The summed E-state index contributed by atoms with van der Waals surface area (Å²) in [5.74, 6) is 0.0984. The van der Waals surface area contributed by atoms with E-state index < -0.39 is 0 Å². The lowest BCUT2D eigenvalue weighted by Gasteiger charge is -2.06. The van der Waals surface area contributed by atoms with Gasteiger partial charge in [0.25, 0.3) is 0 Å². The number of hydrogen-bond donors (Lipinski definition) is 2. The predicted octanol–water partition coefficient (Wildman–Crippen LogP) is 3.85. The molecule has 0 aliphatic rings. The van der Waals surface area contributed by atoms with Crippen molar-refractivity contribution in [2.75, 3.05) is 0 Å². The number of hydrogen-bond acceptors (Lipinski definition) is 3. The zero-order chi connectivity index (χ0) is 11.9. The van der Waals surface area contributed by atoms with Gasteiger partial charge in [-0.2, -0.15) is 0 Å². The quantitative estimate of drug-likeness (QED) is 0.772. The number of aromatic hydroxyl groups is 1. The van der Waals surface area contributed by atoms with Crippen LogP contribution < -0.4 is 0 Å². The van der Waals surface area contributed by atoms with Crippen LogP contribution in [0.25, 0.3) is 10.9 Å². The highest BCUT2D eigenvalue weighted by Gasteiger charge is 2.11. The highest BCUT2D eigenvalue weighted by atomic mass is 79.9. The summed E-state index contributed by atoms with van der Waals surface area (Å²) in [5.41, 5.74) is 1.43. The summed E-state index contributed by atoms with van der Waals surface area (Å²) in [4.78, 5) is 4.26. The Morgan fingerprint density at radius 2 is 2.00 bits per heavy atom. The number of pyridine rings is 1. The van der Waals surface area contributed by atoms with Crippen LogP contribution in [0.1, 0.15) is 12.6 Å². The number of benzene rings is 1. The lowest BCUT2D eigenvalue weighted by Crippen LogP contribution is -1.96. The van der Waals surface area contributed by atoms with Crippen molar-refractivity contribution >= 4 is 48.5 Å². The second kappa shape index (κ2) is 4.14. The number of phenolic OH excluding ortho intramolecular Hbond substituents is 1. The Labute approximate surface area is 109 Å². The summed E-state index contributed by atoms with van der Waals surface area (Å²) in [6.45, 7) is 1.66. The Morgan fingerprint density at radius 3 is 2.62 bits per heavy atom. The van der Waals surface area contributed by atoms with E-state index in [-0.39, 0.29) is 5.75 Å². The van der Waals surface area contributed by atoms with Gasteiger partial charge in [-0.15, -0.1) is 0 Å². The van der Waals surface area contributed by atoms with Crippen LogP contribution in [-0.4, -0.2) is 15.8 Å². The molecule has 0 radical (unpaired) electrons. The zero-order valence-corrected chi connectivity index (χ0v) is 11.6. The van der Waals surface area contributed by atoms with Gasteiger partial charge in [-0.3, -0.25) is 0 Å². The fourth-order valence-electron chi connectivity index (χ4n) is 1.41. The number of nitrogens with zero attached hydrogens (tertiary/aromatic N) is 1. The average molecular weight is 344 g/mol. The highest BCUT2D eigenvalue weighted by molar-refractivity contribution is 9.11. The molecule has 2 N–H and O–H groups in total. The van der Waals surface area contributed by atoms with Crippen molar-refractivity contribution in [2.24, 2.45) is 0 Å². The van der Waals surface area contributed by atoms with Gasteiger partial charge in [-0.1, -0.05) is 15.9 Å². The maximum Gasteiger partial charge on any atom is 0.156 e. The normalized spacial score (nSPS) is 10.7. The number of fused-ring (bicyclic) bond motifs is 1. The molecule has 0 saturated heterocycles. The topological polar surface area (TPSA) is 57.0 Å². The Morgan fingerprint density at radius 1 is 1.31 bits per heavy atom. The molecule has 0 saturated carbocycles. The second-order valence-electron chi connectivity index (χ2n) is 3.41. The van der Waals surface area contributed by atoms with E-state index in [2.05, 4.69) is 36.8 Å². The third-order valence-corrected chi connectivity index (χ3v) is 3.50. The lowest BCUT2D eigenvalue weighted by molar-refractivity contribution is 0.477. The molecule has 0 amide bonds. The van der Waals surface area contributed by atoms with Crippen molar-refractivity contribution < 1.29 is 5.11 Å². The average Bonchev–Trinajstić information content (AvgIpc) is 2.25. The van der Waals surface area contributed by atoms with Crippen LogP contribution in [0.4, 0.5) is 0 Å². The molecule has 0 bridgehead atoms. The van der Waals surface area contributed by atoms with Gasteiger partial charge in [0.2, 0.25) is 0 Å². The van der Waals surface area contributed by atoms with Crippen LogP contribution >= 0.6 is 31.9 Å². The van der Waals surface area contributed by atoms with Crippen LogP contribution in [0.15, 0.2) is 27.1 Å². The van der Waals surface area contributed by atoms with Gasteiger partial charge in [0.15, 0.2) is 5.75 Å². The minimum Gasteiger partial charge on any atom is -0.505 e. The molecule has 2 aromatic rings. The molecule has 0 aliphatic heterocycles. The first-order chi connectivity index (χ1) is 7.50. The van der Waals surface area contributed by atoms with Crippen LogP contribution in [-0.2, 0) is 0 Å². The minimum absolute atomic E-state index is 0.0984. The van der Waals surface area contributed by atoms with Crippen molar-refractivity contribution in [3.8, 4) is 5.75 Å². The van der Waals surface area contributed by atoms with E-state index in [0.717, 1.165) is 9.86 Å². The summed E-state index contributed by atoms with van der Waals surface area (Å²) in [6, 6.07) is 5.38. The van der Waals surface area contributed by atoms with E-state index in [1.807, 2.05) is 6.07 Å². The van der Waals surface area contributed by atoms with E-state index >= 15 is 0 Å². The van der Waals surface area contributed by atoms with Gasteiger partial charge in [0.1, 0.15) is 5.52 Å². The van der Waals surface area contributed by atoms with Crippen molar-refractivity contribution in [1.29, 1.82) is 5.41 Å². The smallest absolute Gasteiger partial charge is 0.156 e. The van der Waals surface area contributed by atoms with Crippen molar-refractivity contribution in [3.05, 3.63) is 32.8 Å². The molecular weight excluding hydrogens is 336 g/mol. The molecule has 1 aromatic heterocycles. The molecule has 0 spiro atoms. The van der Waals surface area contributed by atoms with Crippen molar-refractivity contribution in [2.45, 2.75) is 6.92 Å². The highest BCUT2D eigenvalue weighted by Crippen LogP contribution is 2.36. The Bertz CT molecular complexity index is 596. The monoisotopic (exact) mass is 342 g/mol. The van der Waals surface area contributed by atoms with E-state index in [0.29, 0.717) is 21.4 Å². The number of halogens is 2. The largest absolute Gasteiger partial charge is 0.505 e. The molecule has 2 rings (SSSR count). The molecule has 82 valence electrons. The van der Waals surface area contributed by atoms with Gasteiger partial charge in [0.05, 0.1) is 15.9 Å². The first-order valence-electron chi connectivity index (χ1n) is 4.54. The number of aromatic nitrogens is 1. The molecule has 0 unspecified atom stereocenters. The van der Waals surface area contributed by atoms with Crippen LogP contribution in [0.5, 0.6) is 5.75 Å². The maximum absolute atomic E-state index is 9.89. The maximum atomic E-state index is 9.89. The van der Waals surface area contributed by atoms with E-state index in [4.69, 9.17) is 5.41 Å². The molecule has 1 aromatic carbocycles. The fraction of sp³-hybridized carbons (Fsp3) is 0.0909. The molecule has 16 heavy (non-hydrogen) atoms. The fourth-order valence-corrected chi connectivity index (χ4v) is 2.68. The minimum atomic E-state index is 0.0984. The Kier molecular flexibility index (Phi) is 2.99. The molecule has 1 heterocycles. The summed E-state index contributed by atoms with van der Waals surface area (Å²) in [6.07, 6.45) is 0. The number of phenols is 1. The SMILES string of the molecule is CC(=N)c1ccc2c(Br)cc(Br)c(O)c2n1. The van der Waals surface area contributed by atoms with Crippen LogP contribution in [0, 0.1) is 5.41 Å². The molecule has 0 atom stereocenters. The lowest BCUT2D eigenvalue weighted by atomic mass is 10.1. The molecule has 0 aliphatic carbocycles. The summed E-state index contributed by atoms with van der Waals surface area (Å²) in [5, 5.41) is 18.2. The van der Waals surface area contributed by atoms with Crippen LogP contribution in [0.2, 0.25) is 0 Å². The van der Waals surface area contributed by atoms with Crippen molar-refractivity contribution in [1.82, 2.24) is 4.98 Å². The zero-order valence-electron chi connectivity index (χ0n) is 8.38. The van der Waals surface area contributed by atoms with Gasteiger partial charge in [-0.25, -0.2) is 4.98 Å². The molecule has 5 heteroatoms. The van der Waals surface area contributed by atoms with Crippen molar-refractivity contribution in [3.63, 3.8) is 0 Å². The number of nitrogens with one attached hydrogen (secondary N) is 1. The molecular formula is C11H8Br2N2O. The van der Waals surface area contributed by atoms with Gasteiger partial charge < -0.3 is 10.5 Å². The van der Waals surface area contributed by atoms with E-state index in [1.54, 1.807) is 19.1 Å². The van der Waals surface area contributed by atoms with Crippen LogP contribution in [0.3, 0.4) is 0 Å². The number of rotatable bonds is 1. The first-order valence-corrected chi connectivity index (χ1v) is 6.12. The summed E-state index contributed by atoms with van der Waals surface area (Å²) in [7, 11) is 0. The third-order valence-electron chi connectivity index (χ3n) is 2.24. The van der Waals surface area contributed by atoms with E-state index in [9.17, 15) is 5.11 Å². The first kappa shape index (κ1) is 11.5. The van der Waals surface area contributed by atoms with Gasteiger partial charge >= 0.3 is 0 Å². The van der Waals surface area contributed by atoms with Gasteiger partial charge in [0, 0.05) is 9.86 Å². The summed E-state index contributed by atoms with van der Waals surface area (Å²) >= 11 is 6.66. The third kappa shape index (κ3) is 1.85. The Balaban J connectivity index is 2.86. The second-order valence-corrected chi connectivity index (χ2v) is 5.12.